The first kappa shape index (κ1) is 25.1. The van der Waals surface area contributed by atoms with Gasteiger partial charge in [-0.3, -0.25) is 9.59 Å². The smallest absolute Gasteiger partial charge is 0.252 e. The SMILES string of the molecule is CNC(=O)C(NC(=O)c1ccc(Cl)c(S(=O)(=O)N2CCCC(C)C2)c1)c1ccc(F)c(F)c1. The highest BCUT2D eigenvalue weighted by Gasteiger charge is 2.31. The van der Waals surface area contributed by atoms with Crippen LogP contribution in [0, 0.1) is 17.6 Å². The van der Waals surface area contributed by atoms with E-state index in [1.165, 1.54) is 29.6 Å². The number of hydrogen-bond donors (Lipinski definition) is 2. The summed E-state index contributed by atoms with van der Waals surface area (Å²) in [4.78, 5) is 25.0. The molecule has 178 valence electrons. The Labute approximate surface area is 196 Å². The zero-order chi connectivity index (χ0) is 24.3. The van der Waals surface area contributed by atoms with E-state index in [1.807, 2.05) is 6.92 Å². The minimum Gasteiger partial charge on any atom is -0.357 e. The van der Waals surface area contributed by atoms with Gasteiger partial charge in [-0.1, -0.05) is 24.6 Å². The largest absolute Gasteiger partial charge is 0.357 e. The van der Waals surface area contributed by atoms with E-state index in [-0.39, 0.29) is 27.0 Å². The third-order valence-corrected chi connectivity index (χ3v) is 7.84. The zero-order valence-electron chi connectivity index (χ0n) is 18.1. The first-order valence-corrected chi connectivity index (χ1v) is 12.1. The molecule has 1 aliphatic rings. The van der Waals surface area contributed by atoms with Crippen LogP contribution in [0.4, 0.5) is 8.78 Å². The maximum absolute atomic E-state index is 13.7. The van der Waals surface area contributed by atoms with Gasteiger partial charge in [-0.2, -0.15) is 4.31 Å². The molecule has 0 bridgehead atoms. The molecule has 33 heavy (non-hydrogen) atoms. The van der Waals surface area contributed by atoms with Gasteiger partial charge in [0.05, 0.1) is 5.02 Å². The molecular formula is C22H24ClF2N3O4S. The molecule has 7 nitrogen and oxygen atoms in total. The van der Waals surface area contributed by atoms with Gasteiger partial charge in [-0.05, 0) is 54.7 Å². The fourth-order valence-corrected chi connectivity index (χ4v) is 5.80. The van der Waals surface area contributed by atoms with Crippen molar-refractivity contribution in [3.63, 3.8) is 0 Å². The second-order valence-corrected chi connectivity index (χ2v) is 10.3. The molecule has 2 atom stereocenters. The lowest BCUT2D eigenvalue weighted by molar-refractivity contribution is -0.122. The van der Waals surface area contributed by atoms with Crippen molar-refractivity contribution < 1.29 is 26.8 Å². The molecule has 3 rings (SSSR count). The molecule has 1 heterocycles. The predicted octanol–water partition coefficient (Wildman–Crippen LogP) is 3.26. The number of amides is 2. The van der Waals surface area contributed by atoms with E-state index in [0.29, 0.717) is 13.1 Å². The molecule has 0 radical (unpaired) electrons. The number of piperidine rings is 1. The van der Waals surface area contributed by atoms with Crippen molar-refractivity contribution in [3.05, 3.63) is 64.2 Å². The molecule has 2 aromatic rings. The minimum atomic E-state index is -3.94. The van der Waals surface area contributed by atoms with Gasteiger partial charge in [0.2, 0.25) is 15.9 Å². The van der Waals surface area contributed by atoms with Gasteiger partial charge in [-0.25, -0.2) is 17.2 Å². The summed E-state index contributed by atoms with van der Waals surface area (Å²) in [7, 11) is -2.62. The average molecular weight is 500 g/mol. The lowest BCUT2D eigenvalue weighted by Crippen LogP contribution is -2.40. The van der Waals surface area contributed by atoms with Crippen LogP contribution >= 0.6 is 11.6 Å². The molecule has 1 fully saturated rings. The fraction of sp³-hybridized carbons (Fsp3) is 0.364. The predicted molar refractivity (Wildman–Crippen MR) is 119 cm³/mol. The Morgan fingerprint density at radius 2 is 1.88 bits per heavy atom. The van der Waals surface area contributed by atoms with Crippen LogP contribution in [0.5, 0.6) is 0 Å². The number of benzene rings is 2. The van der Waals surface area contributed by atoms with E-state index in [0.717, 1.165) is 31.0 Å². The number of likely N-dealkylation sites (N-methyl/N-ethyl adjacent to an activating group) is 1. The Bertz CT molecular complexity index is 1180. The maximum atomic E-state index is 13.7. The molecule has 1 aliphatic heterocycles. The van der Waals surface area contributed by atoms with Gasteiger partial charge in [0.15, 0.2) is 11.6 Å². The Balaban J connectivity index is 1.91. The van der Waals surface area contributed by atoms with Crippen LogP contribution in [0.2, 0.25) is 5.02 Å². The standard InChI is InChI=1S/C22H24ClF2N3O4S/c1-13-4-3-9-28(12-13)33(31,32)19-11-15(5-7-16(19)23)21(29)27-20(22(30)26-2)14-6-8-17(24)18(25)10-14/h5-8,10-11,13,20H,3-4,9,12H2,1-2H3,(H,26,30)(H,27,29). The number of halogens is 3. The lowest BCUT2D eigenvalue weighted by Gasteiger charge is -2.30. The van der Waals surface area contributed by atoms with Gasteiger partial charge in [-0.15, -0.1) is 0 Å². The molecule has 2 aromatic carbocycles. The molecule has 0 saturated carbocycles. The molecule has 1 saturated heterocycles. The summed E-state index contributed by atoms with van der Waals surface area (Å²) < 4.78 is 54.7. The Morgan fingerprint density at radius 1 is 1.15 bits per heavy atom. The van der Waals surface area contributed by atoms with Crippen molar-refractivity contribution in [2.75, 3.05) is 20.1 Å². The molecule has 2 unspecified atom stereocenters. The third kappa shape index (κ3) is 5.51. The summed E-state index contributed by atoms with van der Waals surface area (Å²) in [6.07, 6.45) is 1.65. The minimum absolute atomic E-state index is 0.0192. The van der Waals surface area contributed by atoms with Crippen LogP contribution in [-0.2, 0) is 14.8 Å². The van der Waals surface area contributed by atoms with E-state index in [4.69, 9.17) is 11.6 Å². The lowest BCUT2D eigenvalue weighted by atomic mass is 10.0. The summed E-state index contributed by atoms with van der Waals surface area (Å²) in [5.41, 5.74) is -0.0368. The van der Waals surface area contributed by atoms with Crippen molar-refractivity contribution in [2.45, 2.75) is 30.7 Å². The van der Waals surface area contributed by atoms with E-state index in [9.17, 15) is 26.8 Å². The highest BCUT2D eigenvalue weighted by Crippen LogP contribution is 2.29. The van der Waals surface area contributed by atoms with Gasteiger partial charge < -0.3 is 10.6 Å². The van der Waals surface area contributed by atoms with Crippen molar-refractivity contribution in [3.8, 4) is 0 Å². The van der Waals surface area contributed by atoms with E-state index >= 15 is 0 Å². The summed E-state index contributed by atoms with van der Waals surface area (Å²) in [5.74, 6) is -3.53. The first-order valence-electron chi connectivity index (χ1n) is 10.3. The van der Waals surface area contributed by atoms with Crippen LogP contribution in [0.3, 0.4) is 0 Å². The van der Waals surface area contributed by atoms with Gasteiger partial charge in [0, 0.05) is 25.7 Å². The van der Waals surface area contributed by atoms with Crippen LogP contribution in [0.25, 0.3) is 0 Å². The van der Waals surface area contributed by atoms with Gasteiger partial charge >= 0.3 is 0 Å². The Hall–Kier alpha value is -2.56. The van der Waals surface area contributed by atoms with Crippen molar-refractivity contribution >= 4 is 33.4 Å². The van der Waals surface area contributed by atoms with Crippen LogP contribution in [0.1, 0.15) is 41.7 Å². The molecule has 2 N–H and O–H groups in total. The number of nitrogens with one attached hydrogen (secondary N) is 2. The number of rotatable bonds is 6. The highest BCUT2D eigenvalue weighted by molar-refractivity contribution is 7.89. The maximum Gasteiger partial charge on any atom is 0.252 e. The van der Waals surface area contributed by atoms with Crippen molar-refractivity contribution in [2.24, 2.45) is 5.92 Å². The number of nitrogens with zero attached hydrogens (tertiary/aromatic N) is 1. The third-order valence-electron chi connectivity index (χ3n) is 5.49. The molecule has 0 aromatic heterocycles. The van der Waals surface area contributed by atoms with E-state index in [1.54, 1.807) is 0 Å². The van der Waals surface area contributed by atoms with Crippen LogP contribution in [-0.4, -0.2) is 44.7 Å². The molecule has 2 amide bonds. The molecule has 0 spiro atoms. The summed E-state index contributed by atoms with van der Waals surface area (Å²) in [6, 6.07) is 5.26. The van der Waals surface area contributed by atoms with E-state index in [2.05, 4.69) is 10.6 Å². The Morgan fingerprint density at radius 3 is 2.52 bits per heavy atom. The number of sulfonamides is 1. The summed E-state index contributed by atoms with van der Waals surface area (Å²) in [5, 5.41) is 4.76. The van der Waals surface area contributed by atoms with Gasteiger partial charge in [0.25, 0.3) is 5.91 Å². The normalized spacial score (nSPS) is 17.9. The van der Waals surface area contributed by atoms with E-state index < -0.39 is 39.5 Å². The number of carbonyl (C=O) groups is 2. The van der Waals surface area contributed by atoms with Crippen LogP contribution < -0.4 is 10.6 Å². The fourth-order valence-electron chi connectivity index (χ4n) is 3.70. The first-order chi connectivity index (χ1) is 15.5. The van der Waals surface area contributed by atoms with Crippen molar-refractivity contribution in [1.82, 2.24) is 14.9 Å². The molecule has 11 heteroatoms. The summed E-state index contributed by atoms with van der Waals surface area (Å²) in [6.45, 7) is 2.67. The quantitative estimate of drug-likeness (QED) is 0.637. The second-order valence-electron chi connectivity index (χ2n) is 7.95. The Kier molecular flexibility index (Phi) is 7.71. The average Bonchev–Trinajstić information content (AvgIpc) is 2.79. The van der Waals surface area contributed by atoms with Crippen LogP contribution in [0.15, 0.2) is 41.3 Å². The topological polar surface area (TPSA) is 95.6 Å². The van der Waals surface area contributed by atoms with Gasteiger partial charge in [0.1, 0.15) is 10.9 Å². The number of hydrogen-bond acceptors (Lipinski definition) is 4. The molecule has 0 aliphatic carbocycles. The monoisotopic (exact) mass is 499 g/mol. The highest BCUT2D eigenvalue weighted by atomic mass is 35.5. The van der Waals surface area contributed by atoms with Crippen molar-refractivity contribution in [1.29, 1.82) is 0 Å². The summed E-state index contributed by atoms with van der Waals surface area (Å²) >= 11 is 6.17. The number of carbonyl (C=O) groups excluding carboxylic acids is 2. The molecular weight excluding hydrogens is 476 g/mol. The second kappa shape index (κ2) is 10.1. The zero-order valence-corrected chi connectivity index (χ0v) is 19.6.